The minimum absolute atomic E-state index is 0.117. The summed E-state index contributed by atoms with van der Waals surface area (Å²) in [5.41, 5.74) is 9.14. The first-order chi connectivity index (χ1) is 11.4. The Hall–Kier alpha value is -1.79. The molecule has 0 bridgehead atoms. The van der Waals surface area contributed by atoms with Gasteiger partial charge in [-0.25, -0.2) is 0 Å². The van der Waals surface area contributed by atoms with E-state index in [0.29, 0.717) is 11.4 Å². The number of carbonyl (C=O) groups excluding carboxylic acids is 1. The molecule has 126 valence electrons. The Morgan fingerprint density at radius 2 is 1.62 bits per heavy atom. The lowest BCUT2D eigenvalue weighted by Crippen LogP contribution is -2.39. The van der Waals surface area contributed by atoms with Crippen LogP contribution in [0.25, 0.3) is 5.70 Å². The van der Waals surface area contributed by atoms with Gasteiger partial charge < -0.3 is 4.74 Å². The summed E-state index contributed by atoms with van der Waals surface area (Å²) in [7, 11) is 0. The van der Waals surface area contributed by atoms with Crippen LogP contribution in [0.3, 0.4) is 0 Å². The highest BCUT2D eigenvalue weighted by Crippen LogP contribution is 2.34. The van der Waals surface area contributed by atoms with Crippen LogP contribution >= 0.6 is 31.9 Å². The smallest absolute Gasteiger partial charge is 0.276 e. The van der Waals surface area contributed by atoms with E-state index in [-0.39, 0.29) is 12.5 Å². The van der Waals surface area contributed by atoms with Gasteiger partial charge in [-0.1, -0.05) is 36.4 Å². The van der Waals surface area contributed by atoms with Crippen molar-refractivity contribution in [1.82, 2.24) is 10.9 Å². The molecule has 24 heavy (non-hydrogen) atoms. The van der Waals surface area contributed by atoms with Gasteiger partial charge in [0.05, 0.1) is 14.6 Å². The van der Waals surface area contributed by atoms with Crippen LogP contribution in [-0.2, 0) is 4.79 Å². The van der Waals surface area contributed by atoms with Crippen LogP contribution in [0.15, 0.2) is 51.9 Å². The highest BCUT2D eigenvalue weighted by Gasteiger charge is 2.10. The van der Waals surface area contributed by atoms with Crippen molar-refractivity contribution in [2.45, 2.75) is 13.8 Å². The number of hydrogen-bond donors (Lipinski definition) is 2. The Morgan fingerprint density at radius 3 is 2.21 bits per heavy atom. The number of hydrogen-bond acceptors (Lipinski definition) is 3. The molecular formula is C18H18Br2N2O2. The second-order valence-electron chi connectivity index (χ2n) is 5.36. The monoisotopic (exact) mass is 452 g/mol. The quantitative estimate of drug-likeness (QED) is 0.633. The van der Waals surface area contributed by atoms with Crippen molar-refractivity contribution in [3.8, 4) is 5.75 Å². The third-order valence-electron chi connectivity index (χ3n) is 3.24. The van der Waals surface area contributed by atoms with Crippen LogP contribution < -0.4 is 15.6 Å². The molecule has 2 N–H and O–H groups in total. The molecule has 0 aliphatic rings. The van der Waals surface area contributed by atoms with E-state index >= 15 is 0 Å². The second kappa shape index (κ2) is 8.35. The fourth-order valence-electron chi connectivity index (χ4n) is 1.97. The van der Waals surface area contributed by atoms with E-state index in [9.17, 15) is 4.79 Å². The first kappa shape index (κ1) is 18.5. The molecule has 0 saturated carbocycles. The third kappa shape index (κ3) is 5.11. The van der Waals surface area contributed by atoms with Gasteiger partial charge in [0.25, 0.3) is 5.91 Å². The summed E-state index contributed by atoms with van der Waals surface area (Å²) in [5, 5.41) is 0. The van der Waals surface area contributed by atoms with Gasteiger partial charge in [0.2, 0.25) is 0 Å². The molecule has 0 radical (unpaired) electrons. The number of hydrazine groups is 1. The Kier molecular flexibility index (Phi) is 6.45. The van der Waals surface area contributed by atoms with E-state index in [0.717, 1.165) is 20.1 Å². The second-order valence-corrected chi connectivity index (χ2v) is 7.07. The molecule has 0 heterocycles. The fourth-order valence-corrected chi connectivity index (χ4v) is 3.61. The molecule has 0 aliphatic carbocycles. The molecule has 0 atom stereocenters. The predicted molar refractivity (Wildman–Crippen MR) is 104 cm³/mol. The lowest BCUT2D eigenvalue weighted by atomic mass is 10.1. The Balaban J connectivity index is 1.86. The average Bonchev–Trinajstić information content (AvgIpc) is 2.52. The number of aryl methyl sites for hydroxylation is 2. The summed E-state index contributed by atoms with van der Waals surface area (Å²) >= 11 is 6.86. The molecule has 0 saturated heterocycles. The molecule has 0 fully saturated rings. The van der Waals surface area contributed by atoms with Gasteiger partial charge in [0.1, 0.15) is 5.75 Å². The maximum absolute atomic E-state index is 11.9. The predicted octanol–water partition coefficient (Wildman–Crippen LogP) is 4.50. The van der Waals surface area contributed by atoms with Crippen molar-refractivity contribution >= 4 is 43.5 Å². The maximum atomic E-state index is 11.9. The number of nitrogens with one attached hydrogen (secondary N) is 2. The molecule has 0 unspecified atom stereocenters. The first-order valence-corrected chi connectivity index (χ1v) is 8.84. The van der Waals surface area contributed by atoms with Crippen molar-refractivity contribution in [3.63, 3.8) is 0 Å². The zero-order chi connectivity index (χ0) is 17.7. The van der Waals surface area contributed by atoms with Gasteiger partial charge in [-0.05, 0) is 69.0 Å². The number of amides is 1. The molecule has 2 rings (SSSR count). The number of halogens is 2. The van der Waals surface area contributed by atoms with Gasteiger partial charge in [0.15, 0.2) is 6.61 Å². The van der Waals surface area contributed by atoms with Crippen molar-refractivity contribution in [1.29, 1.82) is 0 Å². The standard InChI is InChI=1S/C18H18Br2N2O2/c1-11-4-6-14(7-5-11)13(3)21-22-17(23)10-24-18-15(19)8-12(2)9-16(18)20/h4-9,21H,3,10H2,1-2H3,(H,22,23). The molecule has 4 nitrogen and oxygen atoms in total. The van der Waals surface area contributed by atoms with E-state index in [1.807, 2.05) is 50.2 Å². The van der Waals surface area contributed by atoms with Crippen molar-refractivity contribution in [2.75, 3.05) is 6.61 Å². The van der Waals surface area contributed by atoms with Crippen LogP contribution in [0.4, 0.5) is 0 Å². The lowest BCUT2D eigenvalue weighted by Gasteiger charge is -2.13. The maximum Gasteiger partial charge on any atom is 0.276 e. The first-order valence-electron chi connectivity index (χ1n) is 7.26. The van der Waals surface area contributed by atoms with Gasteiger partial charge in [0, 0.05) is 0 Å². The van der Waals surface area contributed by atoms with Crippen LogP contribution in [0, 0.1) is 13.8 Å². The molecule has 2 aromatic carbocycles. The average molecular weight is 454 g/mol. The minimum atomic E-state index is -0.303. The zero-order valence-electron chi connectivity index (χ0n) is 13.5. The molecule has 1 amide bonds. The summed E-state index contributed by atoms with van der Waals surface area (Å²) in [5.74, 6) is 0.288. The van der Waals surface area contributed by atoms with Gasteiger partial charge >= 0.3 is 0 Å². The minimum Gasteiger partial charge on any atom is -0.481 e. The molecular weight excluding hydrogens is 436 g/mol. The largest absolute Gasteiger partial charge is 0.481 e. The summed E-state index contributed by atoms with van der Waals surface area (Å²) in [4.78, 5) is 11.9. The zero-order valence-corrected chi connectivity index (χ0v) is 16.6. The van der Waals surface area contributed by atoms with E-state index in [1.165, 1.54) is 5.56 Å². The molecule has 6 heteroatoms. The molecule has 0 aliphatic heterocycles. The van der Waals surface area contributed by atoms with Crippen LogP contribution in [0.1, 0.15) is 16.7 Å². The third-order valence-corrected chi connectivity index (χ3v) is 4.42. The SMILES string of the molecule is C=C(NNC(=O)COc1c(Br)cc(C)cc1Br)c1ccc(C)cc1. The Labute approximate surface area is 158 Å². The summed E-state index contributed by atoms with van der Waals surface area (Å²) < 4.78 is 7.14. The molecule has 2 aromatic rings. The number of carbonyl (C=O) groups is 1. The molecule has 0 spiro atoms. The van der Waals surface area contributed by atoms with Crippen molar-refractivity contribution in [3.05, 3.63) is 68.6 Å². The van der Waals surface area contributed by atoms with Gasteiger partial charge in [-0.15, -0.1) is 0 Å². The number of benzene rings is 2. The highest BCUT2D eigenvalue weighted by molar-refractivity contribution is 9.11. The highest BCUT2D eigenvalue weighted by atomic mass is 79.9. The van der Waals surface area contributed by atoms with E-state index in [4.69, 9.17) is 4.74 Å². The van der Waals surface area contributed by atoms with Crippen molar-refractivity contribution in [2.24, 2.45) is 0 Å². The Morgan fingerprint density at radius 1 is 1.04 bits per heavy atom. The lowest BCUT2D eigenvalue weighted by molar-refractivity contribution is -0.123. The number of ether oxygens (including phenoxy) is 1. The molecule has 0 aromatic heterocycles. The normalized spacial score (nSPS) is 10.2. The van der Waals surface area contributed by atoms with Crippen LogP contribution in [0.5, 0.6) is 5.75 Å². The van der Waals surface area contributed by atoms with Crippen LogP contribution in [0.2, 0.25) is 0 Å². The van der Waals surface area contributed by atoms with Gasteiger partial charge in [-0.2, -0.15) is 0 Å². The summed E-state index contributed by atoms with van der Waals surface area (Å²) in [6, 6.07) is 11.7. The summed E-state index contributed by atoms with van der Waals surface area (Å²) in [6.45, 7) is 7.78. The number of rotatable bonds is 6. The van der Waals surface area contributed by atoms with Crippen molar-refractivity contribution < 1.29 is 9.53 Å². The van der Waals surface area contributed by atoms with E-state index < -0.39 is 0 Å². The topological polar surface area (TPSA) is 50.4 Å². The van der Waals surface area contributed by atoms with Crippen LogP contribution in [-0.4, -0.2) is 12.5 Å². The van der Waals surface area contributed by atoms with E-state index in [2.05, 4.69) is 49.3 Å². The van der Waals surface area contributed by atoms with Gasteiger partial charge in [-0.3, -0.25) is 15.6 Å². The fraction of sp³-hybridized carbons (Fsp3) is 0.167. The summed E-state index contributed by atoms with van der Waals surface area (Å²) in [6.07, 6.45) is 0. The Bertz CT molecular complexity index is 735. The van der Waals surface area contributed by atoms with E-state index in [1.54, 1.807) is 0 Å².